The van der Waals surface area contributed by atoms with Crippen LogP contribution in [0.25, 0.3) is 0 Å². The number of hydrogen-bond donors (Lipinski definition) is 2. The lowest BCUT2D eigenvalue weighted by atomic mass is 9.89. The first-order valence-corrected chi connectivity index (χ1v) is 8.49. The van der Waals surface area contributed by atoms with E-state index in [2.05, 4.69) is 11.4 Å². The van der Waals surface area contributed by atoms with E-state index in [1.807, 2.05) is 27.7 Å². The van der Waals surface area contributed by atoms with Gasteiger partial charge in [-0.25, -0.2) is 0 Å². The average Bonchev–Trinajstić information content (AvgIpc) is 2.54. The van der Waals surface area contributed by atoms with Crippen molar-refractivity contribution in [3.63, 3.8) is 0 Å². The van der Waals surface area contributed by atoms with Crippen molar-refractivity contribution >= 4 is 11.9 Å². The first kappa shape index (κ1) is 19.4. The van der Waals surface area contributed by atoms with Crippen LogP contribution in [0.1, 0.15) is 47.5 Å². The number of carbonyl (C=O) groups excluding carboxylic acids is 2. The van der Waals surface area contributed by atoms with Crippen LogP contribution in [0.3, 0.4) is 0 Å². The van der Waals surface area contributed by atoms with Crippen molar-refractivity contribution in [2.24, 2.45) is 11.8 Å². The van der Waals surface area contributed by atoms with Gasteiger partial charge in [-0.15, -0.1) is 0 Å². The Kier molecular flexibility index (Phi) is 7.01. The van der Waals surface area contributed by atoms with Gasteiger partial charge in [-0.3, -0.25) is 9.59 Å². The number of piperidine rings is 1. The third kappa shape index (κ3) is 4.93. The average molecular weight is 324 g/mol. The summed E-state index contributed by atoms with van der Waals surface area (Å²) in [6.45, 7) is 11.2. The summed E-state index contributed by atoms with van der Waals surface area (Å²) in [7, 11) is 0. The Labute approximate surface area is 139 Å². The number of nitriles is 1. The molecule has 1 heterocycles. The number of amides is 1. The van der Waals surface area contributed by atoms with Crippen molar-refractivity contribution in [1.29, 1.82) is 5.26 Å². The van der Waals surface area contributed by atoms with Crippen LogP contribution in [0, 0.1) is 23.2 Å². The van der Waals surface area contributed by atoms with Crippen LogP contribution in [0.5, 0.6) is 0 Å². The highest BCUT2D eigenvalue weighted by atomic mass is 16.5. The van der Waals surface area contributed by atoms with Gasteiger partial charge in [0.25, 0.3) is 5.91 Å². The van der Waals surface area contributed by atoms with Gasteiger partial charge in [0, 0.05) is 12.8 Å². The van der Waals surface area contributed by atoms with E-state index in [0.29, 0.717) is 6.61 Å². The van der Waals surface area contributed by atoms with Crippen molar-refractivity contribution in [3.8, 4) is 6.07 Å². The molecule has 6 heteroatoms. The Morgan fingerprint density at radius 2 is 1.91 bits per heavy atom. The van der Waals surface area contributed by atoms with Gasteiger partial charge in [-0.05, 0) is 26.7 Å². The SMILES string of the molecule is CCOC(=O)C1CC[NH+]([C@H](C)C(=O)N[C@@](C)(C#N)C(C)C)CC1. The molecule has 0 aliphatic carbocycles. The minimum absolute atomic E-state index is 0.0354. The van der Waals surface area contributed by atoms with Gasteiger partial charge in [0.05, 0.1) is 31.7 Å². The molecule has 0 radical (unpaired) electrons. The van der Waals surface area contributed by atoms with Crippen LogP contribution in [0.4, 0.5) is 0 Å². The summed E-state index contributed by atoms with van der Waals surface area (Å²) in [5.41, 5.74) is -0.853. The Balaban J connectivity index is 2.56. The third-order valence-corrected chi connectivity index (χ3v) is 5.02. The molecule has 1 saturated heterocycles. The van der Waals surface area contributed by atoms with Gasteiger partial charge < -0.3 is 15.0 Å². The fourth-order valence-corrected chi connectivity index (χ4v) is 2.77. The van der Waals surface area contributed by atoms with Crippen LogP contribution in [-0.2, 0) is 14.3 Å². The second-order valence-corrected chi connectivity index (χ2v) is 6.86. The lowest BCUT2D eigenvalue weighted by Crippen LogP contribution is -3.17. The van der Waals surface area contributed by atoms with Crippen LogP contribution < -0.4 is 10.2 Å². The van der Waals surface area contributed by atoms with Crippen molar-refractivity contribution in [2.45, 2.75) is 59.0 Å². The van der Waals surface area contributed by atoms with Gasteiger partial charge in [0.15, 0.2) is 6.04 Å². The molecule has 1 aliphatic rings. The topological polar surface area (TPSA) is 83.6 Å². The Hall–Kier alpha value is -1.61. The number of nitrogens with one attached hydrogen (secondary N) is 2. The zero-order valence-electron chi connectivity index (χ0n) is 14.9. The van der Waals surface area contributed by atoms with Gasteiger partial charge in [-0.2, -0.15) is 5.26 Å². The van der Waals surface area contributed by atoms with E-state index in [9.17, 15) is 14.9 Å². The van der Waals surface area contributed by atoms with E-state index in [-0.39, 0.29) is 29.8 Å². The van der Waals surface area contributed by atoms with Crippen LogP contribution >= 0.6 is 0 Å². The molecular formula is C17H30N3O3+. The molecule has 0 spiro atoms. The number of nitrogens with zero attached hydrogens (tertiary/aromatic N) is 1. The highest BCUT2D eigenvalue weighted by Crippen LogP contribution is 2.15. The van der Waals surface area contributed by atoms with Crippen LogP contribution in [-0.4, -0.2) is 43.2 Å². The molecule has 1 aliphatic heterocycles. The molecule has 130 valence electrons. The normalized spacial score (nSPS) is 25.1. The number of carbonyl (C=O) groups is 2. The van der Waals surface area contributed by atoms with Crippen LogP contribution in [0.15, 0.2) is 0 Å². The predicted molar refractivity (Wildman–Crippen MR) is 86.5 cm³/mol. The summed E-state index contributed by atoms with van der Waals surface area (Å²) in [5, 5.41) is 12.2. The van der Waals surface area contributed by atoms with Crippen molar-refractivity contribution < 1.29 is 19.2 Å². The first-order valence-electron chi connectivity index (χ1n) is 8.49. The van der Waals surface area contributed by atoms with Gasteiger partial charge in [-0.1, -0.05) is 13.8 Å². The second kappa shape index (κ2) is 8.30. The number of likely N-dealkylation sites (tertiary alicyclic amines) is 1. The van der Waals surface area contributed by atoms with E-state index in [4.69, 9.17) is 4.74 Å². The molecule has 0 aromatic carbocycles. The standard InChI is InChI=1S/C17H29N3O3/c1-6-23-16(22)14-7-9-20(10-8-14)13(4)15(21)19-17(5,11-18)12(2)3/h12-14H,6-10H2,1-5H3,(H,19,21)/p+1/t13-,17+/m1/s1. The Morgan fingerprint density at radius 1 is 1.35 bits per heavy atom. The van der Waals surface area contributed by atoms with Crippen molar-refractivity contribution in [1.82, 2.24) is 5.32 Å². The van der Waals surface area contributed by atoms with Crippen LogP contribution in [0.2, 0.25) is 0 Å². The minimum atomic E-state index is -0.853. The van der Waals surface area contributed by atoms with E-state index in [1.54, 1.807) is 6.92 Å². The Bertz CT molecular complexity index is 464. The van der Waals surface area contributed by atoms with E-state index >= 15 is 0 Å². The van der Waals surface area contributed by atoms with E-state index in [1.165, 1.54) is 0 Å². The monoisotopic (exact) mass is 324 g/mol. The fraction of sp³-hybridized carbons (Fsp3) is 0.824. The van der Waals surface area contributed by atoms with Gasteiger partial charge in [0.1, 0.15) is 5.54 Å². The van der Waals surface area contributed by atoms with E-state index < -0.39 is 5.54 Å². The second-order valence-electron chi connectivity index (χ2n) is 6.86. The summed E-state index contributed by atoms with van der Waals surface area (Å²) < 4.78 is 5.07. The number of quaternary nitrogens is 1. The summed E-state index contributed by atoms with van der Waals surface area (Å²) in [6, 6.07) is 1.97. The molecule has 0 aromatic rings. The molecule has 1 amide bonds. The molecule has 0 saturated carbocycles. The molecular weight excluding hydrogens is 294 g/mol. The summed E-state index contributed by atoms with van der Waals surface area (Å²) in [6.07, 6.45) is 1.48. The molecule has 0 bridgehead atoms. The quantitative estimate of drug-likeness (QED) is 0.688. The zero-order valence-corrected chi connectivity index (χ0v) is 14.9. The molecule has 1 rings (SSSR count). The maximum Gasteiger partial charge on any atom is 0.309 e. The molecule has 6 nitrogen and oxygen atoms in total. The Morgan fingerprint density at radius 3 is 2.35 bits per heavy atom. The highest BCUT2D eigenvalue weighted by molar-refractivity contribution is 5.81. The summed E-state index contributed by atoms with van der Waals surface area (Å²) in [4.78, 5) is 25.4. The lowest BCUT2D eigenvalue weighted by molar-refractivity contribution is -0.919. The van der Waals surface area contributed by atoms with Crippen molar-refractivity contribution in [3.05, 3.63) is 0 Å². The number of hydrogen-bond acceptors (Lipinski definition) is 4. The molecule has 0 aromatic heterocycles. The number of ether oxygens (including phenoxy) is 1. The minimum Gasteiger partial charge on any atom is -0.466 e. The maximum atomic E-state index is 12.5. The molecule has 2 atom stereocenters. The molecule has 0 unspecified atom stereocenters. The zero-order chi connectivity index (χ0) is 17.6. The smallest absolute Gasteiger partial charge is 0.309 e. The van der Waals surface area contributed by atoms with Gasteiger partial charge >= 0.3 is 5.97 Å². The molecule has 1 fully saturated rings. The molecule has 23 heavy (non-hydrogen) atoms. The summed E-state index contributed by atoms with van der Waals surface area (Å²) >= 11 is 0. The number of esters is 1. The summed E-state index contributed by atoms with van der Waals surface area (Å²) in [5.74, 6) is -0.241. The third-order valence-electron chi connectivity index (χ3n) is 5.02. The highest BCUT2D eigenvalue weighted by Gasteiger charge is 2.37. The molecule has 2 N–H and O–H groups in total. The first-order chi connectivity index (χ1) is 10.7. The number of rotatable bonds is 6. The largest absolute Gasteiger partial charge is 0.466 e. The van der Waals surface area contributed by atoms with Gasteiger partial charge in [0.2, 0.25) is 0 Å². The predicted octanol–water partition coefficient (Wildman–Crippen LogP) is 0.287. The van der Waals surface area contributed by atoms with Crippen molar-refractivity contribution in [2.75, 3.05) is 19.7 Å². The van der Waals surface area contributed by atoms with E-state index in [0.717, 1.165) is 30.8 Å². The fourth-order valence-electron chi connectivity index (χ4n) is 2.77. The maximum absolute atomic E-state index is 12.5. The lowest BCUT2D eigenvalue weighted by Gasteiger charge is -2.34.